The molecule has 0 saturated heterocycles. The summed E-state index contributed by atoms with van der Waals surface area (Å²) in [6, 6.07) is 4.26. The molecule has 24 heavy (non-hydrogen) atoms. The smallest absolute Gasteiger partial charge is 0.208 e. The number of ether oxygens (including phenoxy) is 2. The predicted molar refractivity (Wildman–Crippen MR) is 110 cm³/mol. The van der Waals surface area contributed by atoms with Crippen molar-refractivity contribution < 1.29 is 9.47 Å². The van der Waals surface area contributed by atoms with Gasteiger partial charge in [0.15, 0.2) is 0 Å². The predicted octanol–water partition coefficient (Wildman–Crippen LogP) is 5.99. The van der Waals surface area contributed by atoms with E-state index in [9.17, 15) is 0 Å². The van der Waals surface area contributed by atoms with E-state index in [-0.39, 0.29) is 0 Å². The second-order valence-corrected chi connectivity index (χ2v) is 12.3. The minimum atomic E-state index is 0.510. The molecule has 0 aliphatic carbocycles. The van der Waals surface area contributed by atoms with Crippen molar-refractivity contribution in [3.05, 3.63) is 57.2 Å². The maximum atomic E-state index is 5.70. The van der Waals surface area contributed by atoms with Gasteiger partial charge in [0.2, 0.25) is 10.2 Å². The van der Waals surface area contributed by atoms with Crippen LogP contribution in [0.15, 0.2) is 51.7 Å². The van der Waals surface area contributed by atoms with E-state index in [1.807, 2.05) is 59.4 Å². The van der Waals surface area contributed by atoms with Crippen LogP contribution in [0.25, 0.3) is 0 Å². The van der Waals surface area contributed by atoms with Gasteiger partial charge in [0.1, 0.15) is 13.2 Å². The highest BCUT2D eigenvalue weighted by Gasteiger charge is 2.36. The van der Waals surface area contributed by atoms with Crippen LogP contribution in [0, 0.1) is 0 Å². The second-order valence-electron chi connectivity index (χ2n) is 5.03. The van der Waals surface area contributed by atoms with E-state index in [2.05, 4.69) is 17.1 Å². The molecule has 9 heteroatoms. The maximum absolute atomic E-state index is 5.70. The molecule has 1 aromatic heterocycles. The fourth-order valence-corrected chi connectivity index (χ4v) is 11.3. The summed E-state index contributed by atoms with van der Waals surface area (Å²) in [7, 11) is 0. The molecule has 124 valence electrons. The molecule has 0 radical (unpaired) electrons. The molecule has 0 fully saturated rings. The zero-order chi connectivity index (χ0) is 15.9. The Bertz CT molecular complexity index is 755. The number of pyridine rings is 1. The van der Waals surface area contributed by atoms with Gasteiger partial charge in [-0.2, -0.15) is 0 Å². The number of hydrogen-bond acceptors (Lipinski definition) is 9. The molecule has 3 nitrogen and oxygen atoms in total. The minimum absolute atomic E-state index is 0.510. The van der Waals surface area contributed by atoms with Crippen molar-refractivity contribution in [2.24, 2.45) is 0 Å². The Morgan fingerprint density at radius 3 is 2.25 bits per heavy atom. The third kappa shape index (κ3) is 3.12. The third-order valence-corrected chi connectivity index (χ3v) is 12.4. The van der Waals surface area contributed by atoms with Crippen molar-refractivity contribution in [2.75, 3.05) is 19.0 Å². The fourth-order valence-electron chi connectivity index (χ4n) is 2.37. The van der Waals surface area contributed by atoms with Gasteiger partial charge in [0.05, 0.1) is 16.9 Å². The number of thioether (sulfide) groups is 6. The summed E-state index contributed by atoms with van der Waals surface area (Å²) in [5.74, 6) is 1.12. The summed E-state index contributed by atoms with van der Waals surface area (Å²) in [4.78, 5) is 4.13. The zero-order valence-electron chi connectivity index (χ0n) is 12.2. The first kappa shape index (κ1) is 16.3. The molecule has 5 heterocycles. The van der Waals surface area contributed by atoms with Gasteiger partial charge in [-0.25, -0.2) is 0 Å². The van der Waals surface area contributed by atoms with E-state index in [0.717, 1.165) is 15.9 Å². The van der Waals surface area contributed by atoms with E-state index < -0.39 is 0 Å². The van der Waals surface area contributed by atoms with E-state index >= 15 is 0 Å². The monoisotopic (exact) mass is 429 g/mol. The second kappa shape index (κ2) is 7.00. The molecule has 1 aromatic rings. The van der Waals surface area contributed by atoms with E-state index in [1.54, 1.807) is 23.5 Å². The summed E-state index contributed by atoms with van der Waals surface area (Å²) in [5.41, 5.74) is 1.37. The average Bonchev–Trinajstić information content (AvgIpc) is 3.25. The molecular formula is C15H11NO2S6. The highest BCUT2D eigenvalue weighted by molar-refractivity contribution is 8.43. The van der Waals surface area contributed by atoms with Gasteiger partial charge in [0, 0.05) is 23.4 Å². The van der Waals surface area contributed by atoms with Gasteiger partial charge >= 0.3 is 0 Å². The lowest BCUT2D eigenvalue weighted by Gasteiger charge is -2.21. The Balaban J connectivity index is 1.32. The molecule has 0 unspecified atom stereocenters. The molecule has 1 atom stereocenters. The average molecular weight is 430 g/mol. The summed E-state index contributed by atoms with van der Waals surface area (Å²) < 4.78 is 17.0. The number of aromatic nitrogens is 1. The Labute approximate surface area is 165 Å². The topological polar surface area (TPSA) is 31.4 Å². The Hall–Kier alpha value is 0.0700. The van der Waals surface area contributed by atoms with Gasteiger partial charge in [-0.05, 0) is 41.2 Å². The van der Waals surface area contributed by atoms with Crippen LogP contribution >= 0.6 is 70.6 Å². The van der Waals surface area contributed by atoms with E-state index in [0.29, 0.717) is 18.5 Å². The van der Waals surface area contributed by atoms with Crippen LogP contribution in [0.5, 0.6) is 0 Å². The minimum Gasteiger partial charge on any atom is -0.480 e. The number of rotatable bonds is 1. The normalized spacial score (nSPS) is 26.2. The fraction of sp³-hybridized carbons (Fsp3) is 0.267. The molecule has 4 aliphatic heterocycles. The Morgan fingerprint density at radius 1 is 0.833 bits per heavy atom. The molecule has 5 rings (SSSR count). The van der Waals surface area contributed by atoms with Crippen molar-refractivity contribution in [3.8, 4) is 0 Å². The molecular weight excluding hydrogens is 419 g/mol. The Kier molecular flexibility index (Phi) is 4.74. The molecule has 0 spiro atoms. The van der Waals surface area contributed by atoms with Crippen LogP contribution in [-0.2, 0) is 9.47 Å². The molecule has 4 aliphatic rings. The van der Waals surface area contributed by atoms with E-state index in [1.165, 1.54) is 22.5 Å². The van der Waals surface area contributed by atoms with Crippen molar-refractivity contribution in [1.29, 1.82) is 0 Å². The lowest BCUT2D eigenvalue weighted by Crippen LogP contribution is -2.08. The SMILES string of the molecule is c1cc([C@@H]2CSC3=C(SC(=C4SC5=C(OCCO5)S4)S3)S2)ccn1. The molecule has 0 aromatic carbocycles. The van der Waals surface area contributed by atoms with Crippen LogP contribution in [0.3, 0.4) is 0 Å². The lowest BCUT2D eigenvalue weighted by atomic mass is 10.2. The van der Waals surface area contributed by atoms with Crippen LogP contribution in [0.2, 0.25) is 0 Å². The molecule has 0 amide bonds. The zero-order valence-corrected chi connectivity index (χ0v) is 17.1. The summed E-state index contributed by atoms with van der Waals surface area (Å²) in [6.07, 6.45) is 3.77. The van der Waals surface area contributed by atoms with Crippen LogP contribution in [0.1, 0.15) is 10.8 Å². The number of nitrogens with zero attached hydrogens (tertiary/aromatic N) is 1. The van der Waals surface area contributed by atoms with Crippen LogP contribution in [0.4, 0.5) is 0 Å². The van der Waals surface area contributed by atoms with Crippen molar-refractivity contribution in [2.45, 2.75) is 5.25 Å². The molecule has 0 bridgehead atoms. The number of hydrogen-bond donors (Lipinski definition) is 0. The standard InChI is InChI=1S/C15H11NO2S6/c1-3-16-4-2-8(1)9-7-19-12-13(20-9)24-15(23-12)14-21-10-11(22-14)18-6-5-17-10/h1-4,9H,5-7H2/t9-/m0/s1. The quantitative estimate of drug-likeness (QED) is 0.534. The van der Waals surface area contributed by atoms with Gasteiger partial charge in [0.25, 0.3) is 0 Å². The van der Waals surface area contributed by atoms with Crippen molar-refractivity contribution >= 4 is 70.6 Å². The van der Waals surface area contributed by atoms with Crippen molar-refractivity contribution in [1.82, 2.24) is 4.98 Å². The first-order valence-corrected chi connectivity index (χ1v) is 12.4. The van der Waals surface area contributed by atoms with Gasteiger partial charge in [-0.3, -0.25) is 4.98 Å². The van der Waals surface area contributed by atoms with Crippen LogP contribution in [-0.4, -0.2) is 24.0 Å². The van der Waals surface area contributed by atoms with Crippen molar-refractivity contribution in [3.63, 3.8) is 0 Å². The summed E-state index contributed by atoms with van der Waals surface area (Å²) in [6.45, 7) is 1.31. The van der Waals surface area contributed by atoms with Gasteiger partial charge in [-0.1, -0.05) is 23.5 Å². The highest BCUT2D eigenvalue weighted by atomic mass is 32.3. The molecule has 0 saturated carbocycles. The summed E-state index contributed by atoms with van der Waals surface area (Å²) in [5, 5.41) is 2.39. The maximum Gasteiger partial charge on any atom is 0.208 e. The van der Waals surface area contributed by atoms with Gasteiger partial charge < -0.3 is 9.47 Å². The molecule has 0 N–H and O–H groups in total. The largest absolute Gasteiger partial charge is 0.480 e. The first-order chi connectivity index (χ1) is 11.9. The van der Waals surface area contributed by atoms with E-state index in [4.69, 9.17) is 9.47 Å². The summed E-state index contributed by atoms with van der Waals surface area (Å²) >= 11 is 11.2. The third-order valence-electron chi connectivity index (χ3n) is 3.48. The highest BCUT2D eigenvalue weighted by Crippen LogP contribution is 2.67. The Morgan fingerprint density at radius 2 is 1.50 bits per heavy atom. The van der Waals surface area contributed by atoms with Gasteiger partial charge in [-0.15, -0.1) is 23.5 Å². The van der Waals surface area contributed by atoms with Crippen LogP contribution < -0.4 is 0 Å². The first-order valence-electron chi connectivity index (χ1n) is 7.26. The lowest BCUT2D eigenvalue weighted by molar-refractivity contribution is 0.0949.